The van der Waals surface area contributed by atoms with E-state index < -0.39 is 0 Å². The average molecular weight is 297 g/mol. The van der Waals surface area contributed by atoms with Gasteiger partial charge >= 0.3 is 0 Å². The normalized spacial score (nSPS) is 12.6. The fraction of sp³-hybridized carbons (Fsp3) is 0.429. The molecule has 0 aliphatic rings. The number of ether oxygens (including phenoxy) is 1. The Hall–Kier alpha value is -1.59. The van der Waals surface area contributed by atoms with Crippen molar-refractivity contribution in [3.63, 3.8) is 0 Å². The monoisotopic (exact) mass is 296 g/mol. The van der Waals surface area contributed by atoms with Crippen LogP contribution in [0.2, 0.25) is 5.02 Å². The lowest BCUT2D eigenvalue weighted by Gasteiger charge is -2.11. The minimum atomic E-state index is -0.183. The van der Waals surface area contributed by atoms with Crippen molar-refractivity contribution in [1.29, 1.82) is 0 Å². The SMILES string of the molecule is CCCC(OCC)c1noc(-c2ccc(Cl)cc2O)n1. The molecule has 0 amide bonds. The summed E-state index contributed by atoms with van der Waals surface area (Å²) in [6.45, 7) is 4.58. The van der Waals surface area contributed by atoms with Crippen LogP contribution in [0.5, 0.6) is 5.75 Å². The Morgan fingerprint density at radius 2 is 2.20 bits per heavy atom. The maximum atomic E-state index is 9.86. The zero-order valence-electron chi connectivity index (χ0n) is 11.5. The second-order valence-corrected chi connectivity index (χ2v) is 4.79. The molecule has 0 radical (unpaired) electrons. The van der Waals surface area contributed by atoms with Crippen LogP contribution in [0.3, 0.4) is 0 Å². The van der Waals surface area contributed by atoms with Crippen LogP contribution in [-0.2, 0) is 4.74 Å². The predicted octanol–water partition coefficient (Wildman–Crippen LogP) is 3.97. The maximum Gasteiger partial charge on any atom is 0.261 e. The van der Waals surface area contributed by atoms with Gasteiger partial charge in [-0.3, -0.25) is 0 Å². The highest BCUT2D eigenvalue weighted by Crippen LogP contribution is 2.31. The molecule has 6 heteroatoms. The summed E-state index contributed by atoms with van der Waals surface area (Å²) < 4.78 is 10.8. The van der Waals surface area contributed by atoms with Gasteiger partial charge in [0.05, 0.1) is 5.56 Å². The van der Waals surface area contributed by atoms with Crippen LogP contribution in [0.4, 0.5) is 0 Å². The quantitative estimate of drug-likeness (QED) is 0.873. The Labute approximate surface area is 122 Å². The van der Waals surface area contributed by atoms with Gasteiger partial charge in [-0.25, -0.2) is 0 Å². The van der Waals surface area contributed by atoms with Crippen LogP contribution in [0.25, 0.3) is 11.5 Å². The zero-order valence-corrected chi connectivity index (χ0v) is 12.2. The van der Waals surface area contributed by atoms with Crippen molar-refractivity contribution < 1.29 is 14.4 Å². The molecule has 0 fully saturated rings. The van der Waals surface area contributed by atoms with Gasteiger partial charge in [0.2, 0.25) is 5.82 Å². The minimum Gasteiger partial charge on any atom is -0.507 e. The minimum absolute atomic E-state index is 0.0103. The van der Waals surface area contributed by atoms with E-state index in [4.69, 9.17) is 20.9 Å². The fourth-order valence-electron chi connectivity index (χ4n) is 1.91. The summed E-state index contributed by atoms with van der Waals surface area (Å²) in [7, 11) is 0. The number of aromatic nitrogens is 2. The molecule has 20 heavy (non-hydrogen) atoms. The van der Waals surface area contributed by atoms with Crippen molar-refractivity contribution in [2.75, 3.05) is 6.61 Å². The predicted molar refractivity (Wildman–Crippen MR) is 75.7 cm³/mol. The molecule has 1 atom stereocenters. The summed E-state index contributed by atoms with van der Waals surface area (Å²) >= 11 is 5.80. The highest BCUT2D eigenvalue weighted by atomic mass is 35.5. The molecule has 0 saturated carbocycles. The van der Waals surface area contributed by atoms with Gasteiger partial charge in [-0.1, -0.05) is 30.1 Å². The van der Waals surface area contributed by atoms with Gasteiger partial charge in [0, 0.05) is 11.6 Å². The molecule has 1 aromatic heterocycles. The number of nitrogens with zero attached hydrogens (tertiary/aromatic N) is 2. The summed E-state index contributed by atoms with van der Waals surface area (Å²) in [5.41, 5.74) is 0.458. The van der Waals surface area contributed by atoms with Gasteiger partial charge in [0.15, 0.2) is 0 Å². The van der Waals surface area contributed by atoms with E-state index in [1.165, 1.54) is 6.07 Å². The third-order valence-corrected chi connectivity index (χ3v) is 3.07. The van der Waals surface area contributed by atoms with Gasteiger partial charge in [0.1, 0.15) is 11.9 Å². The van der Waals surface area contributed by atoms with E-state index in [0.717, 1.165) is 12.8 Å². The van der Waals surface area contributed by atoms with Crippen LogP contribution >= 0.6 is 11.6 Å². The smallest absolute Gasteiger partial charge is 0.261 e. The van der Waals surface area contributed by atoms with Crippen LogP contribution < -0.4 is 0 Å². The number of halogens is 1. The number of benzene rings is 1. The summed E-state index contributed by atoms with van der Waals surface area (Å²) in [6, 6.07) is 4.74. The van der Waals surface area contributed by atoms with Gasteiger partial charge < -0.3 is 14.4 Å². The largest absolute Gasteiger partial charge is 0.507 e. The summed E-state index contributed by atoms with van der Waals surface area (Å²) in [6.07, 6.45) is 1.59. The molecule has 108 valence electrons. The van der Waals surface area contributed by atoms with E-state index in [1.54, 1.807) is 12.1 Å². The fourth-order valence-corrected chi connectivity index (χ4v) is 2.08. The van der Waals surface area contributed by atoms with E-state index in [-0.39, 0.29) is 17.7 Å². The number of aromatic hydroxyl groups is 1. The number of phenols is 1. The topological polar surface area (TPSA) is 68.4 Å². The Bertz CT molecular complexity index is 565. The number of rotatable bonds is 6. The van der Waals surface area contributed by atoms with Crippen molar-refractivity contribution in [2.24, 2.45) is 0 Å². The Kier molecular flexibility index (Phi) is 4.98. The summed E-state index contributed by atoms with van der Waals surface area (Å²) in [5, 5.41) is 14.2. The first-order valence-electron chi connectivity index (χ1n) is 6.59. The van der Waals surface area contributed by atoms with E-state index in [9.17, 15) is 5.11 Å². The summed E-state index contributed by atoms with van der Waals surface area (Å²) in [5.74, 6) is 0.768. The molecule has 1 N–H and O–H groups in total. The Morgan fingerprint density at radius 3 is 2.85 bits per heavy atom. The Balaban J connectivity index is 2.27. The van der Waals surface area contributed by atoms with Crippen molar-refractivity contribution in [3.8, 4) is 17.2 Å². The second-order valence-electron chi connectivity index (χ2n) is 4.35. The number of phenolic OH excluding ortho intramolecular Hbond substituents is 1. The van der Waals surface area contributed by atoms with Crippen LogP contribution in [-0.4, -0.2) is 21.9 Å². The first-order valence-corrected chi connectivity index (χ1v) is 6.97. The van der Waals surface area contributed by atoms with E-state index in [2.05, 4.69) is 17.1 Å². The third-order valence-electron chi connectivity index (χ3n) is 2.84. The van der Waals surface area contributed by atoms with Crippen LogP contribution in [0.15, 0.2) is 22.7 Å². The van der Waals surface area contributed by atoms with E-state index in [1.807, 2.05) is 6.92 Å². The maximum absolute atomic E-state index is 9.86. The van der Waals surface area contributed by atoms with Crippen LogP contribution in [0, 0.1) is 0 Å². The van der Waals surface area contributed by atoms with Crippen LogP contribution in [0.1, 0.15) is 38.6 Å². The third kappa shape index (κ3) is 3.29. The number of hydrogen-bond acceptors (Lipinski definition) is 5. The molecule has 0 aliphatic heterocycles. The molecule has 1 unspecified atom stereocenters. The van der Waals surface area contributed by atoms with Gasteiger partial charge in [0.25, 0.3) is 5.89 Å². The second kappa shape index (κ2) is 6.72. The van der Waals surface area contributed by atoms with Gasteiger partial charge in [-0.2, -0.15) is 4.98 Å². The lowest BCUT2D eigenvalue weighted by atomic mass is 10.2. The standard InChI is InChI=1S/C14H17ClN2O3/c1-3-5-12(19-4-2)13-16-14(20-17-13)10-7-6-9(15)8-11(10)18/h6-8,12,18H,3-5H2,1-2H3. The molecule has 1 heterocycles. The first kappa shape index (κ1) is 14.8. The average Bonchev–Trinajstić information content (AvgIpc) is 2.88. The molecule has 2 rings (SSSR count). The molecule has 0 bridgehead atoms. The molecule has 0 saturated heterocycles. The summed E-state index contributed by atoms with van der Waals surface area (Å²) in [4.78, 5) is 4.30. The van der Waals surface area contributed by atoms with Crippen molar-refractivity contribution in [2.45, 2.75) is 32.8 Å². The first-order chi connectivity index (χ1) is 9.65. The molecule has 1 aromatic carbocycles. The molecule has 0 aliphatic carbocycles. The van der Waals surface area contributed by atoms with Gasteiger partial charge in [-0.05, 0) is 31.5 Å². The lowest BCUT2D eigenvalue weighted by Crippen LogP contribution is -2.05. The molecule has 2 aromatic rings. The highest BCUT2D eigenvalue weighted by molar-refractivity contribution is 6.30. The molecular formula is C14H17ClN2O3. The van der Waals surface area contributed by atoms with Crippen molar-refractivity contribution in [3.05, 3.63) is 29.0 Å². The lowest BCUT2D eigenvalue weighted by molar-refractivity contribution is 0.0478. The molecule has 5 nitrogen and oxygen atoms in total. The Morgan fingerprint density at radius 1 is 1.40 bits per heavy atom. The highest BCUT2D eigenvalue weighted by Gasteiger charge is 2.20. The van der Waals surface area contributed by atoms with E-state index in [0.29, 0.717) is 23.0 Å². The molecule has 0 spiro atoms. The molecular weight excluding hydrogens is 280 g/mol. The zero-order chi connectivity index (χ0) is 14.5. The van der Waals surface area contributed by atoms with Crippen molar-refractivity contribution in [1.82, 2.24) is 10.1 Å². The van der Waals surface area contributed by atoms with E-state index >= 15 is 0 Å². The number of hydrogen-bond donors (Lipinski definition) is 1. The van der Waals surface area contributed by atoms with Gasteiger partial charge in [-0.15, -0.1) is 0 Å². The van der Waals surface area contributed by atoms with Crippen molar-refractivity contribution >= 4 is 11.6 Å².